The van der Waals surface area contributed by atoms with Gasteiger partial charge in [-0.2, -0.15) is 8.78 Å². The lowest BCUT2D eigenvalue weighted by molar-refractivity contribution is -0.143. The number of benzene rings is 1. The van der Waals surface area contributed by atoms with E-state index in [1.165, 1.54) is 31.4 Å². The van der Waals surface area contributed by atoms with E-state index in [9.17, 15) is 23.2 Å². The van der Waals surface area contributed by atoms with E-state index in [-0.39, 0.29) is 23.0 Å². The number of rotatable bonds is 9. The van der Waals surface area contributed by atoms with Gasteiger partial charge in [0.2, 0.25) is 0 Å². The maximum Gasteiger partial charge on any atom is 0.387 e. The molecule has 0 aliphatic rings. The number of amides is 3. The molecule has 3 amide bonds. The summed E-state index contributed by atoms with van der Waals surface area (Å²) in [7, 11) is 1.28. The van der Waals surface area contributed by atoms with Crippen molar-refractivity contribution in [3.63, 3.8) is 0 Å². The number of carbonyl (C=O) groups is 3. The van der Waals surface area contributed by atoms with Crippen molar-refractivity contribution in [3.8, 4) is 11.5 Å². The van der Waals surface area contributed by atoms with Crippen molar-refractivity contribution < 1.29 is 37.4 Å². The largest absolute Gasteiger partial charge is 0.493 e. The molecule has 0 aliphatic carbocycles. The van der Waals surface area contributed by atoms with Crippen LogP contribution in [0.3, 0.4) is 0 Å². The summed E-state index contributed by atoms with van der Waals surface area (Å²) >= 11 is 0. The van der Waals surface area contributed by atoms with E-state index in [0.717, 1.165) is 6.08 Å². The third-order valence-electron chi connectivity index (χ3n) is 3.10. The van der Waals surface area contributed by atoms with Crippen LogP contribution in [-0.4, -0.2) is 44.8 Å². The van der Waals surface area contributed by atoms with Crippen LogP contribution in [0.25, 0.3) is 6.08 Å². The minimum atomic E-state index is -3.08. The fraction of sp³-hybridized carbons (Fsp3) is 0.389. The van der Waals surface area contributed by atoms with Crippen LogP contribution in [0.15, 0.2) is 24.3 Å². The minimum absolute atomic E-state index is 0.0580. The normalized spacial score (nSPS) is 10.8. The molecule has 0 aromatic heterocycles. The molecule has 1 aromatic carbocycles. The smallest absolute Gasteiger partial charge is 0.387 e. The van der Waals surface area contributed by atoms with Crippen molar-refractivity contribution in [2.75, 3.05) is 20.3 Å². The van der Waals surface area contributed by atoms with Crippen LogP contribution in [-0.2, 0) is 14.3 Å². The lowest BCUT2D eigenvalue weighted by Gasteiger charge is -2.12. The Hall–Kier alpha value is -3.17. The molecule has 0 unspecified atom stereocenters. The molecule has 154 valence electrons. The quantitative estimate of drug-likeness (QED) is 0.487. The number of alkyl halides is 2. The van der Waals surface area contributed by atoms with E-state index in [0.29, 0.717) is 6.54 Å². The number of urea groups is 1. The second kappa shape index (κ2) is 11.5. The minimum Gasteiger partial charge on any atom is -0.493 e. The first-order valence-corrected chi connectivity index (χ1v) is 8.27. The van der Waals surface area contributed by atoms with Crippen LogP contribution in [0.1, 0.15) is 19.4 Å². The maximum absolute atomic E-state index is 12.6. The Bertz CT molecular complexity index is 722. The van der Waals surface area contributed by atoms with Crippen LogP contribution < -0.4 is 20.1 Å². The Labute approximate surface area is 160 Å². The van der Waals surface area contributed by atoms with Crippen molar-refractivity contribution in [1.82, 2.24) is 10.6 Å². The number of esters is 1. The molecule has 8 nitrogen and oxygen atoms in total. The van der Waals surface area contributed by atoms with Crippen molar-refractivity contribution in [2.24, 2.45) is 5.92 Å². The molecular weight excluding hydrogens is 378 g/mol. The molecule has 1 aromatic rings. The van der Waals surface area contributed by atoms with Gasteiger partial charge in [0, 0.05) is 18.2 Å². The molecule has 0 bridgehead atoms. The molecule has 0 saturated heterocycles. The van der Waals surface area contributed by atoms with Gasteiger partial charge in [-0.05, 0) is 18.1 Å². The summed E-state index contributed by atoms with van der Waals surface area (Å²) in [4.78, 5) is 34.7. The molecule has 0 fully saturated rings. The lowest BCUT2D eigenvalue weighted by atomic mass is 10.1. The Balaban J connectivity index is 2.60. The van der Waals surface area contributed by atoms with Crippen molar-refractivity contribution in [1.29, 1.82) is 0 Å². The topological polar surface area (TPSA) is 103 Å². The highest BCUT2D eigenvalue weighted by atomic mass is 19.3. The molecule has 0 heterocycles. The predicted octanol–water partition coefficient (Wildman–Crippen LogP) is 2.33. The van der Waals surface area contributed by atoms with Gasteiger partial charge in [0.05, 0.1) is 7.11 Å². The average Bonchev–Trinajstić information content (AvgIpc) is 2.63. The summed E-state index contributed by atoms with van der Waals surface area (Å²) in [6, 6.07) is 3.67. The third-order valence-corrected chi connectivity index (χ3v) is 3.10. The van der Waals surface area contributed by atoms with E-state index in [1.54, 1.807) is 0 Å². The Kier molecular flexibility index (Phi) is 9.41. The van der Waals surface area contributed by atoms with Crippen LogP contribution in [0.5, 0.6) is 11.5 Å². The molecular formula is C18H22F2N2O6. The number of imide groups is 1. The van der Waals surface area contributed by atoms with Gasteiger partial charge in [0.15, 0.2) is 18.1 Å². The van der Waals surface area contributed by atoms with Gasteiger partial charge in [-0.25, -0.2) is 9.59 Å². The first-order valence-electron chi connectivity index (χ1n) is 8.27. The second-order valence-electron chi connectivity index (χ2n) is 5.85. The molecule has 0 spiro atoms. The number of carbonyl (C=O) groups excluding carboxylic acids is 3. The number of hydrogen-bond donors (Lipinski definition) is 2. The van der Waals surface area contributed by atoms with Gasteiger partial charge in [-0.15, -0.1) is 0 Å². The van der Waals surface area contributed by atoms with Gasteiger partial charge in [0.1, 0.15) is 0 Å². The first-order chi connectivity index (χ1) is 13.2. The molecule has 10 heteroatoms. The maximum atomic E-state index is 12.6. The van der Waals surface area contributed by atoms with E-state index >= 15 is 0 Å². The number of ether oxygens (including phenoxy) is 3. The SMILES string of the molecule is COc1cccc(/C=C/C(=O)OCC(=O)NC(=O)NCC(C)C)c1OC(F)F. The van der Waals surface area contributed by atoms with Crippen molar-refractivity contribution >= 4 is 24.0 Å². The number of nitrogens with one attached hydrogen (secondary N) is 2. The van der Waals surface area contributed by atoms with E-state index in [2.05, 4.69) is 10.1 Å². The highest BCUT2D eigenvalue weighted by Crippen LogP contribution is 2.33. The van der Waals surface area contributed by atoms with E-state index < -0.39 is 31.1 Å². The third kappa shape index (κ3) is 8.47. The van der Waals surface area contributed by atoms with Gasteiger partial charge >= 0.3 is 18.6 Å². The summed E-state index contributed by atoms with van der Waals surface area (Å²) in [6.07, 6.45) is 2.11. The Morgan fingerprint density at radius 2 is 1.93 bits per heavy atom. The zero-order valence-corrected chi connectivity index (χ0v) is 15.7. The Morgan fingerprint density at radius 1 is 1.21 bits per heavy atom. The molecule has 0 aliphatic heterocycles. The van der Waals surface area contributed by atoms with Gasteiger partial charge < -0.3 is 19.5 Å². The molecule has 0 saturated carbocycles. The fourth-order valence-corrected chi connectivity index (χ4v) is 1.89. The second-order valence-corrected chi connectivity index (χ2v) is 5.85. The van der Waals surface area contributed by atoms with Gasteiger partial charge in [-0.1, -0.05) is 26.0 Å². The Morgan fingerprint density at radius 3 is 2.54 bits per heavy atom. The summed E-state index contributed by atoms with van der Waals surface area (Å²) in [5, 5.41) is 4.47. The van der Waals surface area contributed by atoms with Crippen LogP contribution in [0, 0.1) is 5.92 Å². The lowest BCUT2D eigenvalue weighted by Crippen LogP contribution is -2.42. The predicted molar refractivity (Wildman–Crippen MR) is 96.0 cm³/mol. The zero-order chi connectivity index (χ0) is 21.1. The number of hydrogen-bond acceptors (Lipinski definition) is 6. The van der Waals surface area contributed by atoms with E-state index in [4.69, 9.17) is 9.47 Å². The highest BCUT2D eigenvalue weighted by molar-refractivity contribution is 5.96. The summed E-state index contributed by atoms with van der Waals surface area (Å²) in [5.41, 5.74) is 0.147. The number of halogens is 2. The number of para-hydroxylation sites is 1. The molecule has 1 rings (SSSR count). The molecule has 0 atom stereocenters. The number of methoxy groups -OCH3 is 1. The van der Waals surface area contributed by atoms with Crippen molar-refractivity contribution in [2.45, 2.75) is 20.5 Å². The standard InChI is InChI=1S/C18H22F2N2O6/c1-11(2)9-21-18(25)22-14(23)10-27-15(24)8-7-12-5-4-6-13(26-3)16(12)28-17(19)20/h4-8,11,17H,9-10H2,1-3H3,(H2,21,22,23,25)/b8-7+. The summed E-state index contributed by atoms with van der Waals surface area (Å²) in [5.74, 6) is -1.71. The van der Waals surface area contributed by atoms with Crippen LogP contribution in [0.2, 0.25) is 0 Å². The van der Waals surface area contributed by atoms with Gasteiger partial charge in [-0.3, -0.25) is 10.1 Å². The first kappa shape index (κ1) is 22.9. The summed E-state index contributed by atoms with van der Waals surface area (Å²) in [6.45, 7) is 0.384. The molecule has 2 N–H and O–H groups in total. The highest BCUT2D eigenvalue weighted by Gasteiger charge is 2.14. The van der Waals surface area contributed by atoms with Gasteiger partial charge in [0.25, 0.3) is 5.91 Å². The molecule has 0 radical (unpaired) electrons. The monoisotopic (exact) mass is 400 g/mol. The average molecular weight is 400 g/mol. The van der Waals surface area contributed by atoms with E-state index in [1.807, 2.05) is 19.2 Å². The fourth-order valence-electron chi connectivity index (χ4n) is 1.89. The summed E-state index contributed by atoms with van der Waals surface area (Å²) < 4.78 is 39.2. The zero-order valence-electron chi connectivity index (χ0n) is 15.7. The van der Waals surface area contributed by atoms with Crippen LogP contribution >= 0.6 is 0 Å². The molecule has 28 heavy (non-hydrogen) atoms. The van der Waals surface area contributed by atoms with Crippen molar-refractivity contribution in [3.05, 3.63) is 29.8 Å². The van der Waals surface area contributed by atoms with Crippen LogP contribution in [0.4, 0.5) is 13.6 Å².